The van der Waals surface area contributed by atoms with Gasteiger partial charge in [0.15, 0.2) is 11.5 Å². The molecule has 6 nitrogen and oxygen atoms in total. The minimum absolute atomic E-state index is 0.329. The fourth-order valence-corrected chi connectivity index (χ4v) is 2.58. The van der Waals surface area contributed by atoms with Crippen LogP contribution in [-0.2, 0) is 0 Å². The van der Waals surface area contributed by atoms with Gasteiger partial charge in [0.2, 0.25) is 5.95 Å². The van der Waals surface area contributed by atoms with Crippen LogP contribution in [0.1, 0.15) is 5.69 Å². The molecule has 4 aromatic rings. The van der Waals surface area contributed by atoms with Crippen molar-refractivity contribution in [2.24, 2.45) is 0 Å². The molecule has 7 heteroatoms. The number of hydrogen-bond acceptors (Lipinski definition) is 4. The average Bonchev–Trinajstić information content (AvgIpc) is 3.11. The maximum absolute atomic E-state index is 14.2. The van der Waals surface area contributed by atoms with Crippen molar-refractivity contribution in [2.45, 2.75) is 6.92 Å². The molecule has 0 saturated carbocycles. The van der Waals surface area contributed by atoms with E-state index >= 15 is 0 Å². The molecule has 0 spiro atoms. The summed E-state index contributed by atoms with van der Waals surface area (Å²) >= 11 is 0. The first-order valence-corrected chi connectivity index (χ1v) is 6.83. The molecular weight excluding hydrogens is 283 g/mol. The summed E-state index contributed by atoms with van der Waals surface area (Å²) in [6.45, 7) is 1.89. The summed E-state index contributed by atoms with van der Waals surface area (Å²) in [5, 5.41) is 3.73. The van der Waals surface area contributed by atoms with E-state index in [0.717, 1.165) is 22.2 Å². The van der Waals surface area contributed by atoms with E-state index in [9.17, 15) is 4.39 Å². The van der Waals surface area contributed by atoms with E-state index in [1.807, 2.05) is 19.3 Å². The van der Waals surface area contributed by atoms with Crippen LogP contribution in [0.5, 0.6) is 0 Å². The van der Waals surface area contributed by atoms with Crippen molar-refractivity contribution in [3.8, 4) is 11.1 Å². The Morgan fingerprint density at radius 3 is 2.95 bits per heavy atom. The van der Waals surface area contributed by atoms with Crippen LogP contribution < -0.4 is 5.32 Å². The van der Waals surface area contributed by atoms with Gasteiger partial charge in [-0.1, -0.05) is 0 Å². The molecule has 0 bridgehead atoms. The van der Waals surface area contributed by atoms with Crippen LogP contribution in [-0.4, -0.2) is 31.4 Å². The SMILES string of the molecule is CNc1ncc2c(-c3cc(F)c4ncc(C)n4c3)c[nH]c2n1. The third kappa shape index (κ3) is 1.75. The maximum Gasteiger partial charge on any atom is 0.224 e. The number of rotatable bonds is 2. The predicted octanol–water partition coefficient (Wildman–Crippen LogP) is 2.76. The third-order valence-corrected chi connectivity index (χ3v) is 3.71. The Morgan fingerprint density at radius 2 is 2.14 bits per heavy atom. The molecular formula is C15H13FN6. The lowest BCUT2D eigenvalue weighted by atomic mass is 10.1. The number of aromatic amines is 1. The van der Waals surface area contributed by atoms with Crippen molar-refractivity contribution < 1.29 is 4.39 Å². The monoisotopic (exact) mass is 296 g/mol. The molecule has 0 aromatic carbocycles. The number of aromatic nitrogens is 5. The van der Waals surface area contributed by atoms with Gasteiger partial charge >= 0.3 is 0 Å². The fraction of sp³-hybridized carbons (Fsp3) is 0.133. The van der Waals surface area contributed by atoms with Crippen LogP contribution in [0.2, 0.25) is 0 Å². The number of nitrogens with zero attached hydrogens (tertiary/aromatic N) is 4. The molecule has 0 saturated heterocycles. The molecule has 0 amide bonds. The van der Waals surface area contributed by atoms with Crippen LogP contribution in [0.25, 0.3) is 27.8 Å². The zero-order valence-corrected chi connectivity index (χ0v) is 12.1. The lowest BCUT2D eigenvalue weighted by Crippen LogP contribution is -1.95. The summed E-state index contributed by atoms with van der Waals surface area (Å²) in [5.74, 6) is 0.181. The van der Waals surface area contributed by atoms with Crippen molar-refractivity contribution >= 4 is 22.6 Å². The smallest absolute Gasteiger partial charge is 0.224 e. The molecule has 4 rings (SSSR count). The van der Waals surface area contributed by atoms with Crippen molar-refractivity contribution in [2.75, 3.05) is 12.4 Å². The Balaban J connectivity index is 1.96. The van der Waals surface area contributed by atoms with E-state index in [2.05, 4.69) is 25.3 Å². The summed E-state index contributed by atoms with van der Waals surface area (Å²) in [7, 11) is 1.76. The van der Waals surface area contributed by atoms with Crippen LogP contribution >= 0.6 is 0 Å². The summed E-state index contributed by atoms with van der Waals surface area (Å²) < 4.78 is 16.0. The molecule has 0 atom stereocenters. The number of anilines is 1. The van der Waals surface area contributed by atoms with Gasteiger partial charge in [-0.15, -0.1) is 0 Å². The van der Waals surface area contributed by atoms with Gasteiger partial charge in [-0.3, -0.25) is 0 Å². The van der Waals surface area contributed by atoms with Crippen LogP contribution in [0.4, 0.5) is 10.3 Å². The number of aryl methyl sites for hydroxylation is 1. The molecule has 0 aliphatic carbocycles. The second kappa shape index (κ2) is 4.52. The zero-order valence-electron chi connectivity index (χ0n) is 12.1. The molecule has 0 fully saturated rings. The zero-order chi connectivity index (χ0) is 15.3. The molecule has 0 aliphatic heterocycles. The number of fused-ring (bicyclic) bond motifs is 2. The number of pyridine rings is 1. The van der Waals surface area contributed by atoms with E-state index in [4.69, 9.17) is 0 Å². The normalized spacial score (nSPS) is 11.4. The highest BCUT2D eigenvalue weighted by Gasteiger charge is 2.13. The third-order valence-electron chi connectivity index (χ3n) is 3.71. The van der Waals surface area contributed by atoms with Gasteiger partial charge in [-0.2, -0.15) is 4.98 Å². The highest BCUT2D eigenvalue weighted by molar-refractivity contribution is 5.93. The van der Waals surface area contributed by atoms with E-state index in [1.165, 1.54) is 6.07 Å². The lowest BCUT2D eigenvalue weighted by Gasteiger charge is -2.04. The first-order chi connectivity index (χ1) is 10.7. The van der Waals surface area contributed by atoms with E-state index in [0.29, 0.717) is 17.2 Å². The maximum atomic E-state index is 14.2. The molecule has 110 valence electrons. The van der Waals surface area contributed by atoms with Gasteiger partial charge in [0, 0.05) is 54.0 Å². The van der Waals surface area contributed by atoms with Crippen molar-refractivity contribution in [1.82, 2.24) is 24.3 Å². The minimum Gasteiger partial charge on any atom is -0.357 e. The van der Waals surface area contributed by atoms with Crippen LogP contribution in [0.3, 0.4) is 0 Å². The topological polar surface area (TPSA) is 70.9 Å². The highest BCUT2D eigenvalue weighted by Crippen LogP contribution is 2.29. The first kappa shape index (κ1) is 12.8. The van der Waals surface area contributed by atoms with Gasteiger partial charge in [-0.05, 0) is 13.0 Å². The summed E-state index contributed by atoms with van der Waals surface area (Å²) in [5.41, 5.74) is 3.51. The van der Waals surface area contributed by atoms with Gasteiger partial charge in [0.25, 0.3) is 0 Å². The second-order valence-corrected chi connectivity index (χ2v) is 5.08. The Hall–Kier alpha value is -2.96. The lowest BCUT2D eigenvalue weighted by molar-refractivity contribution is 0.630. The largest absolute Gasteiger partial charge is 0.357 e. The Bertz CT molecular complexity index is 1000. The number of imidazole rings is 1. The molecule has 0 aliphatic rings. The quantitative estimate of drug-likeness (QED) is 0.596. The predicted molar refractivity (Wildman–Crippen MR) is 82.3 cm³/mol. The standard InChI is InChI=1S/C15H13FN6/c1-8-4-19-14-12(16)3-9(7-22(8)14)10-5-18-13-11(10)6-20-15(17-2)21-13/h3-7H,1-2H3,(H2,17,18,20,21). The van der Waals surface area contributed by atoms with Crippen LogP contribution in [0, 0.1) is 12.7 Å². The van der Waals surface area contributed by atoms with Crippen LogP contribution in [0.15, 0.2) is 30.9 Å². The van der Waals surface area contributed by atoms with Gasteiger partial charge in [-0.25, -0.2) is 14.4 Å². The van der Waals surface area contributed by atoms with E-state index in [-0.39, 0.29) is 5.82 Å². The van der Waals surface area contributed by atoms with Crippen molar-refractivity contribution in [3.63, 3.8) is 0 Å². The van der Waals surface area contributed by atoms with E-state index < -0.39 is 0 Å². The first-order valence-electron chi connectivity index (χ1n) is 6.83. The van der Waals surface area contributed by atoms with Gasteiger partial charge in [0.05, 0.1) is 0 Å². The number of hydrogen-bond donors (Lipinski definition) is 2. The summed E-state index contributed by atoms with van der Waals surface area (Å²) in [6.07, 6.45) is 7.06. The minimum atomic E-state index is -0.354. The number of nitrogens with one attached hydrogen (secondary N) is 2. The molecule has 22 heavy (non-hydrogen) atoms. The molecule has 0 radical (unpaired) electrons. The molecule has 4 aromatic heterocycles. The Morgan fingerprint density at radius 1 is 1.27 bits per heavy atom. The number of H-pyrrole nitrogens is 1. The molecule has 2 N–H and O–H groups in total. The van der Waals surface area contributed by atoms with E-state index in [1.54, 1.807) is 23.8 Å². The van der Waals surface area contributed by atoms with Gasteiger partial charge in [0.1, 0.15) is 5.65 Å². The molecule has 4 heterocycles. The fourth-order valence-electron chi connectivity index (χ4n) is 2.58. The Labute approximate surface area is 125 Å². The average molecular weight is 296 g/mol. The summed E-state index contributed by atoms with van der Waals surface area (Å²) in [4.78, 5) is 15.7. The Kier molecular flexibility index (Phi) is 2.62. The van der Waals surface area contributed by atoms with Crippen molar-refractivity contribution in [1.29, 1.82) is 0 Å². The highest BCUT2D eigenvalue weighted by atomic mass is 19.1. The van der Waals surface area contributed by atoms with Gasteiger partial charge < -0.3 is 14.7 Å². The number of halogens is 1. The summed E-state index contributed by atoms with van der Waals surface area (Å²) in [6, 6.07) is 1.48. The second-order valence-electron chi connectivity index (χ2n) is 5.08. The van der Waals surface area contributed by atoms with Crippen molar-refractivity contribution in [3.05, 3.63) is 42.4 Å². The molecule has 0 unspecified atom stereocenters.